The summed E-state index contributed by atoms with van der Waals surface area (Å²) in [4.78, 5) is 12.5. The van der Waals surface area contributed by atoms with E-state index in [0.29, 0.717) is 13.1 Å². The van der Waals surface area contributed by atoms with Gasteiger partial charge in [-0.3, -0.25) is 4.79 Å². The van der Waals surface area contributed by atoms with Crippen LogP contribution in [0.2, 0.25) is 0 Å². The molecular formula is C21H30N4O4S. The Hall–Kier alpha value is -2.23. The lowest BCUT2D eigenvalue weighted by molar-refractivity contribution is -0.120. The Morgan fingerprint density at radius 3 is 2.43 bits per heavy atom. The zero-order valence-corrected chi connectivity index (χ0v) is 18.8. The molecule has 1 N–H and O–H groups in total. The van der Waals surface area contributed by atoms with Gasteiger partial charge in [-0.15, -0.1) is 0 Å². The molecule has 2 heterocycles. The van der Waals surface area contributed by atoms with Gasteiger partial charge in [0.1, 0.15) is 0 Å². The first-order valence-electron chi connectivity index (χ1n) is 10.2. The number of sulfonamides is 1. The number of carbonyl (C=O) groups is 1. The second-order valence-corrected chi connectivity index (χ2v) is 9.90. The van der Waals surface area contributed by atoms with Crippen molar-refractivity contribution in [3.05, 3.63) is 47.3 Å². The number of para-hydroxylation sites is 1. The Balaban J connectivity index is 1.57. The number of morpholine rings is 1. The Morgan fingerprint density at radius 1 is 1.17 bits per heavy atom. The van der Waals surface area contributed by atoms with Crippen LogP contribution in [0.15, 0.2) is 30.3 Å². The average Bonchev–Trinajstić information content (AvgIpc) is 2.96. The molecule has 1 aliphatic rings. The van der Waals surface area contributed by atoms with Gasteiger partial charge in [0, 0.05) is 30.9 Å². The topological polar surface area (TPSA) is 93.5 Å². The fourth-order valence-electron chi connectivity index (χ4n) is 3.78. The summed E-state index contributed by atoms with van der Waals surface area (Å²) in [7, 11) is -3.44. The van der Waals surface area contributed by atoms with Crippen molar-refractivity contribution in [1.82, 2.24) is 19.4 Å². The monoisotopic (exact) mass is 434 g/mol. The molecule has 0 radical (unpaired) electrons. The number of nitrogens with zero attached hydrogens (tertiary/aromatic N) is 3. The Bertz CT molecular complexity index is 978. The zero-order valence-electron chi connectivity index (χ0n) is 18.0. The van der Waals surface area contributed by atoms with E-state index in [0.717, 1.165) is 22.6 Å². The third kappa shape index (κ3) is 5.27. The SMILES string of the molecule is Cc1nn(-c2ccccc2)c(C)c1CC(=O)NCCS(=O)(=O)N1C[C@@H](C)O[C@@H](C)C1. The number of aryl methyl sites for hydroxylation is 1. The standard InChI is InChI=1S/C21H30N4O4S/c1-15-13-24(14-16(2)29-15)30(27,28)11-10-22-21(26)12-20-17(3)23-25(18(20)4)19-8-6-5-7-9-19/h5-9,15-16H,10-14H2,1-4H3,(H,22,26)/t15-,16+. The van der Waals surface area contributed by atoms with Crippen LogP contribution in [0.3, 0.4) is 0 Å². The number of carbonyl (C=O) groups excluding carboxylic acids is 1. The Kier molecular flexibility index (Phi) is 6.95. The highest BCUT2D eigenvalue weighted by atomic mass is 32.2. The number of nitrogens with one attached hydrogen (secondary N) is 1. The van der Waals surface area contributed by atoms with Gasteiger partial charge in [0.15, 0.2) is 0 Å². The predicted molar refractivity (Wildman–Crippen MR) is 115 cm³/mol. The van der Waals surface area contributed by atoms with Crippen LogP contribution in [0, 0.1) is 13.8 Å². The molecule has 1 saturated heterocycles. The summed E-state index contributed by atoms with van der Waals surface area (Å²) < 4.78 is 34.1. The normalized spacial score (nSPS) is 20.3. The van der Waals surface area contributed by atoms with Crippen molar-refractivity contribution < 1.29 is 17.9 Å². The highest BCUT2D eigenvalue weighted by Gasteiger charge is 2.30. The molecule has 0 saturated carbocycles. The van der Waals surface area contributed by atoms with Crippen LogP contribution in [-0.4, -0.2) is 66.0 Å². The summed E-state index contributed by atoms with van der Waals surface area (Å²) in [6.45, 7) is 8.29. The van der Waals surface area contributed by atoms with Gasteiger partial charge >= 0.3 is 0 Å². The number of aromatic nitrogens is 2. The maximum atomic E-state index is 12.6. The molecule has 0 bridgehead atoms. The summed E-state index contributed by atoms with van der Waals surface area (Å²) >= 11 is 0. The number of hydrogen-bond donors (Lipinski definition) is 1. The summed E-state index contributed by atoms with van der Waals surface area (Å²) in [5.41, 5.74) is 3.48. The molecule has 1 aliphatic heterocycles. The van der Waals surface area contributed by atoms with E-state index in [1.165, 1.54) is 4.31 Å². The fraction of sp³-hybridized carbons (Fsp3) is 0.524. The minimum atomic E-state index is -3.44. The van der Waals surface area contributed by atoms with E-state index in [1.807, 2.05) is 62.7 Å². The summed E-state index contributed by atoms with van der Waals surface area (Å²) in [6.07, 6.45) is -0.105. The van der Waals surface area contributed by atoms with Gasteiger partial charge in [0.25, 0.3) is 0 Å². The first-order chi connectivity index (χ1) is 14.2. The van der Waals surface area contributed by atoms with Crippen LogP contribution >= 0.6 is 0 Å². The average molecular weight is 435 g/mol. The highest BCUT2D eigenvalue weighted by Crippen LogP contribution is 2.18. The molecule has 9 heteroatoms. The number of ether oxygens (including phenoxy) is 1. The molecule has 3 rings (SSSR count). The van der Waals surface area contributed by atoms with Crippen molar-refractivity contribution in [2.75, 3.05) is 25.4 Å². The van der Waals surface area contributed by atoms with Crippen molar-refractivity contribution in [3.63, 3.8) is 0 Å². The van der Waals surface area contributed by atoms with Crippen LogP contribution in [0.25, 0.3) is 5.69 Å². The maximum Gasteiger partial charge on any atom is 0.224 e. The zero-order chi connectivity index (χ0) is 21.9. The quantitative estimate of drug-likeness (QED) is 0.714. The number of rotatable bonds is 7. The van der Waals surface area contributed by atoms with E-state index in [9.17, 15) is 13.2 Å². The van der Waals surface area contributed by atoms with Gasteiger partial charge in [0.2, 0.25) is 15.9 Å². The molecule has 30 heavy (non-hydrogen) atoms. The van der Waals surface area contributed by atoms with Crippen LogP contribution in [0.5, 0.6) is 0 Å². The Labute approximate surface area is 178 Å². The molecule has 0 aliphatic carbocycles. The smallest absolute Gasteiger partial charge is 0.224 e. The molecule has 2 aromatic rings. The van der Waals surface area contributed by atoms with Crippen molar-refractivity contribution in [1.29, 1.82) is 0 Å². The van der Waals surface area contributed by atoms with Gasteiger partial charge in [0.05, 0.1) is 35.8 Å². The van der Waals surface area contributed by atoms with Crippen molar-refractivity contribution in [2.45, 2.75) is 46.3 Å². The van der Waals surface area contributed by atoms with Gasteiger partial charge < -0.3 is 10.1 Å². The van der Waals surface area contributed by atoms with E-state index in [-0.39, 0.29) is 36.8 Å². The minimum Gasteiger partial charge on any atom is -0.373 e. The van der Waals surface area contributed by atoms with Gasteiger partial charge in [-0.2, -0.15) is 9.40 Å². The molecule has 8 nitrogen and oxygen atoms in total. The lowest BCUT2D eigenvalue weighted by Gasteiger charge is -2.34. The molecule has 0 unspecified atom stereocenters. The highest BCUT2D eigenvalue weighted by molar-refractivity contribution is 7.89. The van der Waals surface area contributed by atoms with Crippen LogP contribution < -0.4 is 5.32 Å². The van der Waals surface area contributed by atoms with Crippen LogP contribution in [-0.2, 0) is 26.0 Å². The van der Waals surface area contributed by atoms with E-state index in [4.69, 9.17) is 4.74 Å². The summed E-state index contributed by atoms with van der Waals surface area (Å²) in [6, 6.07) is 9.74. The van der Waals surface area contributed by atoms with Crippen molar-refractivity contribution >= 4 is 15.9 Å². The van der Waals surface area contributed by atoms with Gasteiger partial charge in [-0.05, 0) is 39.8 Å². The lowest BCUT2D eigenvalue weighted by atomic mass is 10.1. The molecule has 1 amide bonds. The maximum absolute atomic E-state index is 12.6. The molecule has 0 spiro atoms. The Morgan fingerprint density at radius 2 is 1.80 bits per heavy atom. The first kappa shape index (κ1) is 22.5. The van der Waals surface area contributed by atoms with Crippen molar-refractivity contribution in [2.24, 2.45) is 0 Å². The number of hydrogen-bond acceptors (Lipinski definition) is 5. The second-order valence-electron chi connectivity index (χ2n) is 7.81. The third-order valence-electron chi connectivity index (χ3n) is 5.24. The number of benzene rings is 1. The van der Waals surface area contributed by atoms with E-state index in [1.54, 1.807) is 0 Å². The number of amides is 1. The molecular weight excluding hydrogens is 404 g/mol. The summed E-state index contributed by atoms with van der Waals surface area (Å²) in [5, 5.41) is 7.29. The molecule has 1 aromatic carbocycles. The largest absolute Gasteiger partial charge is 0.373 e. The fourth-order valence-corrected chi connectivity index (χ4v) is 5.27. The molecule has 1 aromatic heterocycles. The molecule has 2 atom stereocenters. The van der Waals surface area contributed by atoms with Gasteiger partial charge in [-0.25, -0.2) is 13.1 Å². The van der Waals surface area contributed by atoms with E-state index in [2.05, 4.69) is 10.4 Å². The third-order valence-corrected chi connectivity index (χ3v) is 7.05. The van der Waals surface area contributed by atoms with Crippen LogP contribution in [0.1, 0.15) is 30.8 Å². The van der Waals surface area contributed by atoms with E-state index >= 15 is 0 Å². The van der Waals surface area contributed by atoms with E-state index < -0.39 is 10.0 Å². The predicted octanol–water partition coefficient (Wildman–Crippen LogP) is 1.59. The molecule has 164 valence electrons. The molecule has 1 fully saturated rings. The minimum absolute atomic E-state index is 0.0756. The van der Waals surface area contributed by atoms with Gasteiger partial charge in [-0.1, -0.05) is 18.2 Å². The van der Waals surface area contributed by atoms with Crippen LogP contribution in [0.4, 0.5) is 0 Å². The lowest BCUT2D eigenvalue weighted by Crippen LogP contribution is -2.49. The second kappa shape index (κ2) is 9.28. The summed E-state index contributed by atoms with van der Waals surface area (Å²) in [5.74, 6) is -0.341. The van der Waals surface area contributed by atoms with Crippen molar-refractivity contribution in [3.8, 4) is 5.69 Å². The first-order valence-corrected chi connectivity index (χ1v) is 11.8.